The maximum Gasteiger partial charge on any atom is 0.220 e. The van der Waals surface area contributed by atoms with E-state index in [1.54, 1.807) is 0 Å². The summed E-state index contributed by atoms with van der Waals surface area (Å²) in [5.41, 5.74) is 5.91. The van der Waals surface area contributed by atoms with Crippen LogP contribution in [0.1, 0.15) is 65.2 Å². The lowest BCUT2D eigenvalue weighted by atomic mass is 9.78. The van der Waals surface area contributed by atoms with E-state index in [-0.39, 0.29) is 5.91 Å². The van der Waals surface area contributed by atoms with Crippen molar-refractivity contribution in [1.82, 2.24) is 5.32 Å². The molecule has 3 N–H and O–H groups in total. The normalized spacial score (nSPS) is 39.8. The molecule has 0 aromatic rings. The third-order valence-electron chi connectivity index (χ3n) is 5.42. The second kappa shape index (κ2) is 6.74. The van der Waals surface area contributed by atoms with E-state index in [2.05, 4.69) is 19.2 Å². The van der Waals surface area contributed by atoms with Crippen molar-refractivity contribution in [1.29, 1.82) is 0 Å². The second-order valence-electron chi connectivity index (χ2n) is 6.93. The minimum absolute atomic E-state index is 0.270. The Balaban J connectivity index is 1.74. The third-order valence-corrected chi connectivity index (χ3v) is 5.42. The van der Waals surface area contributed by atoms with Gasteiger partial charge in [-0.05, 0) is 49.9 Å². The molecule has 1 amide bonds. The molecule has 0 aliphatic heterocycles. The van der Waals surface area contributed by atoms with Crippen LogP contribution in [0.4, 0.5) is 0 Å². The molecule has 0 saturated heterocycles. The molecule has 3 unspecified atom stereocenters. The molecule has 0 radical (unpaired) electrons. The Hall–Kier alpha value is -0.570. The van der Waals surface area contributed by atoms with Crippen LogP contribution >= 0.6 is 0 Å². The molecule has 2 fully saturated rings. The van der Waals surface area contributed by atoms with Crippen molar-refractivity contribution in [2.75, 3.05) is 0 Å². The third kappa shape index (κ3) is 4.20. The monoisotopic (exact) mass is 266 g/mol. The topological polar surface area (TPSA) is 55.1 Å². The number of carbonyl (C=O) groups excluding carboxylic acids is 1. The molecule has 3 atom stereocenters. The van der Waals surface area contributed by atoms with Gasteiger partial charge in [0.15, 0.2) is 0 Å². The number of carbonyl (C=O) groups is 1. The number of rotatable bonds is 3. The quantitative estimate of drug-likeness (QED) is 0.825. The van der Waals surface area contributed by atoms with Gasteiger partial charge in [-0.3, -0.25) is 4.79 Å². The van der Waals surface area contributed by atoms with Crippen LogP contribution < -0.4 is 11.1 Å². The van der Waals surface area contributed by atoms with Crippen molar-refractivity contribution in [2.24, 2.45) is 23.5 Å². The molecule has 0 bridgehead atoms. The second-order valence-corrected chi connectivity index (χ2v) is 6.93. The number of nitrogens with two attached hydrogens (primary N) is 1. The zero-order chi connectivity index (χ0) is 13.8. The van der Waals surface area contributed by atoms with Crippen LogP contribution in [-0.4, -0.2) is 18.0 Å². The summed E-state index contributed by atoms with van der Waals surface area (Å²) in [4.78, 5) is 12.2. The molecule has 19 heavy (non-hydrogen) atoms. The van der Waals surface area contributed by atoms with Crippen molar-refractivity contribution in [3.05, 3.63) is 0 Å². The average molecular weight is 266 g/mol. The summed E-state index contributed by atoms with van der Waals surface area (Å²) in [6, 6.07) is 0.778. The Kier molecular flexibility index (Phi) is 5.26. The molecule has 2 aliphatic rings. The lowest BCUT2D eigenvalue weighted by Gasteiger charge is -2.35. The molecule has 110 valence electrons. The fourth-order valence-electron chi connectivity index (χ4n) is 3.71. The highest BCUT2D eigenvalue weighted by Gasteiger charge is 2.29. The number of nitrogens with one attached hydrogen (secondary N) is 1. The highest BCUT2D eigenvalue weighted by Crippen LogP contribution is 2.30. The smallest absolute Gasteiger partial charge is 0.220 e. The van der Waals surface area contributed by atoms with Crippen LogP contribution in [0.5, 0.6) is 0 Å². The van der Waals surface area contributed by atoms with Gasteiger partial charge in [0, 0.05) is 18.5 Å². The van der Waals surface area contributed by atoms with Gasteiger partial charge < -0.3 is 11.1 Å². The summed E-state index contributed by atoms with van der Waals surface area (Å²) in [6.45, 7) is 4.60. The Labute approximate surface area is 117 Å². The molecule has 2 saturated carbocycles. The predicted octanol–water partition coefficient (Wildman–Crippen LogP) is 2.83. The summed E-state index contributed by atoms with van der Waals surface area (Å²) in [6.07, 6.45) is 8.89. The first-order chi connectivity index (χ1) is 9.06. The van der Waals surface area contributed by atoms with E-state index in [0.717, 1.165) is 38.0 Å². The van der Waals surface area contributed by atoms with Gasteiger partial charge in [0.05, 0.1) is 0 Å². The first kappa shape index (κ1) is 14.8. The molecule has 3 nitrogen and oxygen atoms in total. The minimum Gasteiger partial charge on any atom is -0.353 e. The fraction of sp³-hybridized carbons (Fsp3) is 0.938. The van der Waals surface area contributed by atoms with Gasteiger partial charge in [-0.15, -0.1) is 0 Å². The first-order valence-corrected chi connectivity index (χ1v) is 8.11. The maximum absolute atomic E-state index is 12.2. The highest BCUT2D eigenvalue weighted by atomic mass is 16.1. The van der Waals surface area contributed by atoms with Gasteiger partial charge in [-0.2, -0.15) is 0 Å². The van der Waals surface area contributed by atoms with Crippen LogP contribution in [0.3, 0.4) is 0 Å². The molecular formula is C16H30N2O. The van der Waals surface area contributed by atoms with Crippen molar-refractivity contribution >= 4 is 5.91 Å². The molecule has 0 spiro atoms. The lowest BCUT2D eigenvalue weighted by Crippen LogP contribution is -2.44. The van der Waals surface area contributed by atoms with Gasteiger partial charge in [-0.25, -0.2) is 0 Å². The number of hydrogen-bond acceptors (Lipinski definition) is 2. The lowest BCUT2D eigenvalue weighted by molar-refractivity contribution is -0.123. The van der Waals surface area contributed by atoms with Gasteiger partial charge in [0.1, 0.15) is 0 Å². The van der Waals surface area contributed by atoms with E-state index in [9.17, 15) is 4.79 Å². The zero-order valence-corrected chi connectivity index (χ0v) is 12.5. The maximum atomic E-state index is 12.2. The Morgan fingerprint density at radius 1 is 1.11 bits per heavy atom. The van der Waals surface area contributed by atoms with Crippen molar-refractivity contribution in [3.8, 4) is 0 Å². The largest absolute Gasteiger partial charge is 0.353 e. The van der Waals surface area contributed by atoms with Crippen LogP contribution in [0, 0.1) is 17.8 Å². The molecule has 2 aliphatic carbocycles. The van der Waals surface area contributed by atoms with Crippen LogP contribution in [0.25, 0.3) is 0 Å². The number of hydrogen-bond donors (Lipinski definition) is 2. The first-order valence-electron chi connectivity index (χ1n) is 8.11. The summed E-state index contributed by atoms with van der Waals surface area (Å²) in [5.74, 6) is 2.20. The van der Waals surface area contributed by atoms with E-state index < -0.39 is 0 Å². The molecular weight excluding hydrogens is 236 g/mol. The zero-order valence-electron chi connectivity index (χ0n) is 12.5. The average Bonchev–Trinajstić information content (AvgIpc) is 2.38. The van der Waals surface area contributed by atoms with Crippen molar-refractivity contribution in [3.63, 3.8) is 0 Å². The van der Waals surface area contributed by atoms with Crippen molar-refractivity contribution < 1.29 is 4.79 Å². The molecule has 0 aromatic heterocycles. The summed E-state index contributed by atoms with van der Waals surface area (Å²) >= 11 is 0. The van der Waals surface area contributed by atoms with E-state index in [4.69, 9.17) is 5.73 Å². The summed E-state index contributed by atoms with van der Waals surface area (Å²) in [5, 5.41) is 3.29. The predicted molar refractivity (Wildman–Crippen MR) is 78.7 cm³/mol. The van der Waals surface area contributed by atoms with E-state index in [1.165, 1.54) is 12.8 Å². The Morgan fingerprint density at radius 3 is 2.47 bits per heavy atom. The number of amides is 1. The molecule has 3 heteroatoms. The van der Waals surface area contributed by atoms with Gasteiger partial charge in [0.2, 0.25) is 5.91 Å². The molecule has 0 aromatic carbocycles. The fourth-order valence-corrected chi connectivity index (χ4v) is 3.71. The Morgan fingerprint density at radius 2 is 1.79 bits per heavy atom. The standard InChI is InChI=1S/C16H30N2O/c1-11-4-3-5-15(12(11)2)18-16(19)10-13-6-8-14(17)9-7-13/h11-15H,3-10,17H2,1-2H3,(H,18,19). The Bertz CT molecular complexity index is 297. The van der Waals surface area contributed by atoms with Crippen molar-refractivity contribution in [2.45, 2.75) is 77.3 Å². The minimum atomic E-state index is 0.270. The van der Waals surface area contributed by atoms with Crippen LogP contribution in [-0.2, 0) is 4.79 Å². The van der Waals surface area contributed by atoms with Gasteiger partial charge in [-0.1, -0.05) is 26.7 Å². The van der Waals surface area contributed by atoms with E-state index >= 15 is 0 Å². The molecule has 2 rings (SSSR count). The van der Waals surface area contributed by atoms with Crippen LogP contribution in [0.2, 0.25) is 0 Å². The van der Waals surface area contributed by atoms with Crippen LogP contribution in [0.15, 0.2) is 0 Å². The summed E-state index contributed by atoms with van der Waals surface area (Å²) in [7, 11) is 0. The SMILES string of the molecule is CC1CCCC(NC(=O)CC2CCC(N)CC2)C1C. The highest BCUT2D eigenvalue weighted by molar-refractivity contribution is 5.76. The van der Waals surface area contributed by atoms with Gasteiger partial charge in [0.25, 0.3) is 0 Å². The van der Waals surface area contributed by atoms with E-state index in [1.807, 2.05) is 0 Å². The van der Waals surface area contributed by atoms with E-state index in [0.29, 0.717) is 30.3 Å². The summed E-state index contributed by atoms with van der Waals surface area (Å²) < 4.78 is 0. The molecule has 0 heterocycles. The van der Waals surface area contributed by atoms with Gasteiger partial charge >= 0.3 is 0 Å².